The minimum atomic E-state index is -0.861. The maximum Gasteiger partial charge on any atom is 1.00 e. The van der Waals surface area contributed by atoms with Gasteiger partial charge in [-0.2, -0.15) is 0 Å². The van der Waals surface area contributed by atoms with Gasteiger partial charge in [0.25, 0.3) is 0 Å². The third kappa shape index (κ3) is 18.3. The Bertz CT molecular complexity index is 80.8. The van der Waals surface area contributed by atoms with E-state index in [0.717, 1.165) is 0 Å². The minimum Gasteiger partial charge on any atom is 1.00 e. The maximum absolute atomic E-state index is 7.65. The molecule has 5 heteroatoms. The first-order valence-electron chi connectivity index (χ1n) is 1.45. The van der Waals surface area contributed by atoms with E-state index in [1.165, 1.54) is 0 Å². The van der Waals surface area contributed by atoms with Gasteiger partial charge in [0.15, 0.2) is 7.28 Å². The molecule has 2 nitrogen and oxygen atoms in total. The minimum absolute atomic E-state index is 0. The molecule has 0 atom stereocenters. The Morgan fingerprint density at radius 2 is 1.43 bits per heavy atom. The van der Waals surface area contributed by atoms with Gasteiger partial charge in [0.2, 0.25) is 0 Å². The van der Waals surface area contributed by atoms with Crippen molar-refractivity contribution in [2.24, 2.45) is 0 Å². The fraction of sp³-hybridized carbons (Fsp3) is 0. The van der Waals surface area contributed by atoms with E-state index in [1.54, 1.807) is 11.9 Å². The van der Waals surface area contributed by atoms with Crippen molar-refractivity contribution in [1.29, 1.82) is 10.5 Å². The summed E-state index contributed by atoms with van der Waals surface area (Å²) in [6.07, 6.45) is 0. The third-order valence-electron chi connectivity index (χ3n) is 0.224. The number of nitrogens with zero attached hydrogens (tertiary/aromatic N) is 2. The molecule has 0 aromatic carbocycles. The van der Waals surface area contributed by atoms with Crippen LogP contribution in [0.5, 0.6) is 0 Å². The molecule has 0 rings (SSSR count). The van der Waals surface area contributed by atoms with Gasteiger partial charge < -0.3 is 0 Å². The maximum atomic E-state index is 7.65. The Kier molecular flexibility index (Phi) is 35.5. The number of nitriles is 2. The second-order valence-electron chi connectivity index (χ2n) is 0.697. The summed E-state index contributed by atoms with van der Waals surface area (Å²) < 4.78 is 0. The van der Waals surface area contributed by atoms with Crippen LogP contribution in [0.2, 0.25) is 0 Å². The molecule has 0 aliphatic carbocycles. The van der Waals surface area contributed by atoms with Crippen LogP contribution in [0, 0.1) is 22.5 Å². The van der Waals surface area contributed by atoms with Gasteiger partial charge in [0.1, 0.15) is 0 Å². The molecule has 0 fully saturated rings. The molecule has 0 bridgehead atoms. The van der Waals surface area contributed by atoms with Crippen molar-refractivity contribution in [2.75, 3.05) is 0 Å². The first kappa shape index (κ1) is 15.9. The zero-order valence-corrected chi connectivity index (χ0v) is 5.89. The fourth-order valence-electron chi connectivity index (χ4n) is 0.0500. The van der Waals surface area contributed by atoms with Crippen molar-refractivity contribution in [1.82, 2.24) is 0 Å². The van der Waals surface area contributed by atoms with Crippen LogP contribution in [0.3, 0.4) is 0 Å². The van der Waals surface area contributed by atoms with E-state index in [4.69, 9.17) is 10.5 Å². The van der Waals surface area contributed by atoms with Gasteiger partial charge in [-0.1, -0.05) is 0 Å². The molecule has 7 heavy (non-hydrogen) atoms. The zero-order chi connectivity index (χ0) is 4.12. The molecule has 0 spiro atoms. The van der Waals surface area contributed by atoms with Gasteiger partial charge in [0.05, 0.1) is 0 Å². The van der Waals surface area contributed by atoms with E-state index in [2.05, 4.69) is 0 Å². The summed E-state index contributed by atoms with van der Waals surface area (Å²) in [5.41, 5.74) is 0. The molecular formula is C2H3BKN2Na. The summed E-state index contributed by atoms with van der Waals surface area (Å²) in [4.78, 5) is 0. The van der Waals surface area contributed by atoms with Crippen molar-refractivity contribution in [3.63, 3.8) is 0 Å². The van der Waals surface area contributed by atoms with Gasteiger partial charge in [-0.15, -0.1) is 11.9 Å². The summed E-state index contributed by atoms with van der Waals surface area (Å²) in [7, 11) is -0.861. The molecular weight excluding hydrogens is 125 g/mol. The molecule has 0 heterocycles. The van der Waals surface area contributed by atoms with Crippen LogP contribution in [-0.2, 0) is 0 Å². The second kappa shape index (κ2) is 15.6. The SMILES string of the molecule is N#C[BH2-]C#N.[KH].[Na+]. The quantitative estimate of drug-likeness (QED) is 0.308. The molecule has 0 aromatic rings. The Hall–Kier alpha value is 1.68. The Morgan fingerprint density at radius 1 is 1.14 bits per heavy atom. The summed E-state index contributed by atoms with van der Waals surface area (Å²) in [5, 5.41) is 15.3. The summed E-state index contributed by atoms with van der Waals surface area (Å²) in [6, 6.07) is 0. The van der Waals surface area contributed by atoms with Gasteiger partial charge in [0, 0.05) is 0 Å². The first-order valence-corrected chi connectivity index (χ1v) is 1.45. The second-order valence-corrected chi connectivity index (χ2v) is 0.697. The van der Waals surface area contributed by atoms with E-state index in [9.17, 15) is 0 Å². The molecule has 0 aliphatic rings. The topological polar surface area (TPSA) is 47.6 Å². The monoisotopic (exact) mass is 128 g/mol. The number of rotatable bonds is 0. The van der Waals surface area contributed by atoms with Crippen molar-refractivity contribution in [3.8, 4) is 11.9 Å². The van der Waals surface area contributed by atoms with Crippen molar-refractivity contribution >= 4 is 58.7 Å². The van der Waals surface area contributed by atoms with Crippen LogP contribution in [-0.4, -0.2) is 58.7 Å². The van der Waals surface area contributed by atoms with Crippen LogP contribution < -0.4 is 29.6 Å². The molecule has 0 saturated carbocycles. The zero-order valence-electron chi connectivity index (χ0n) is 3.89. The van der Waals surface area contributed by atoms with E-state index >= 15 is 0 Å². The van der Waals surface area contributed by atoms with Crippen molar-refractivity contribution in [2.45, 2.75) is 0 Å². The van der Waals surface area contributed by atoms with Crippen LogP contribution in [0.1, 0.15) is 0 Å². The Morgan fingerprint density at radius 3 is 1.43 bits per heavy atom. The standard InChI is InChI=1S/C2H2BN2.K.Na.H/c4-1-3-2-5;;;/h3H2;;;/q-1;;+1;. The van der Waals surface area contributed by atoms with Crippen LogP contribution >= 0.6 is 0 Å². The largest absolute Gasteiger partial charge is 1.00 e. The fourth-order valence-corrected chi connectivity index (χ4v) is 0.0500. The molecule has 0 unspecified atom stereocenters. The van der Waals surface area contributed by atoms with Crippen LogP contribution in [0.15, 0.2) is 0 Å². The van der Waals surface area contributed by atoms with E-state index in [0.29, 0.717) is 0 Å². The van der Waals surface area contributed by atoms with Gasteiger partial charge in [-0.05, 0) is 0 Å². The van der Waals surface area contributed by atoms with Gasteiger partial charge in [-0.3, -0.25) is 0 Å². The summed E-state index contributed by atoms with van der Waals surface area (Å²) in [5.74, 6) is 3.56. The molecule has 0 saturated heterocycles. The van der Waals surface area contributed by atoms with Crippen LogP contribution in [0.4, 0.5) is 0 Å². The van der Waals surface area contributed by atoms with Gasteiger partial charge >= 0.3 is 80.9 Å². The number of hydrogen-bond donors (Lipinski definition) is 0. The average Bonchev–Trinajstić information content (AvgIpc) is 1.41. The average molecular weight is 128 g/mol. The molecule has 0 amide bonds. The van der Waals surface area contributed by atoms with Crippen LogP contribution in [0.25, 0.3) is 0 Å². The normalized spacial score (nSPS) is 3.14. The smallest absolute Gasteiger partial charge is 1.00 e. The van der Waals surface area contributed by atoms with E-state index < -0.39 is 7.28 Å². The van der Waals surface area contributed by atoms with E-state index in [-0.39, 0.29) is 80.9 Å². The predicted octanol–water partition coefficient (Wildman–Crippen LogP) is -4.53. The Labute approximate surface area is 108 Å². The van der Waals surface area contributed by atoms with Crippen molar-refractivity contribution < 1.29 is 29.6 Å². The molecule has 0 aromatic heterocycles. The molecule has 0 N–H and O–H groups in total. The first-order chi connectivity index (χ1) is 2.41. The molecule has 26 valence electrons. The summed E-state index contributed by atoms with van der Waals surface area (Å²) in [6.45, 7) is 0. The van der Waals surface area contributed by atoms with E-state index in [1.807, 2.05) is 0 Å². The summed E-state index contributed by atoms with van der Waals surface area (Å²) >= 11 is 0. The number of hydrogen-bond acceptors (Lipinski definition) is 2. The van der Waals surface area contributed by atoms with Crippen molar-refractivity contribution in [3.05, 3.63) is 0 Å². The molecule has 0 aliphatic heterocycles. The Balaban J connectivity index is -0.0000000800. The van der Waals surface area contributed by atoms with Gasteiger partial charge in [-0.25, -0.2) is 10.5 Å². The predicted molar refractivity (Wildman–Crippen MR) is 26.9 cm³/mol. The molecule has 0 radical (unpaired) electrons. The third-order valence-corrected chi connectivity index (χ3v) is 0.224.